The van der Waals surface area contributed by atoms with E-state index >= 15 is 0 Å². The van der Waals surface area contributed by atoms with E-state index in [0.29, 0.717) is 17.4 Å². The van der Waals surface area contributed by atoms with Gasteiger partial charge in [0.1, 0.15) is 5.52 Å². The van der Waals surface area contributed by atoms with Crippen LogP contribution in [-0.2, 0) is 0 Å². The minimum absolute atomic E-state index is 0.0379. The largest absolute Gasteiger partial charge is 0.390 e. The number of aliphatic hydroxyl groups is 1. The minimum Gasteiger partial charge on any atom is -0.390 e. The molecule has 2 N–H and O–H groups in total. The zero-order valence-corrected chi connectivity index (χ0v) is 13.7. The van der Waals surface area contributed by atoms with Gasteiger partial charge in [0.15, 0.2) is 5.82 Å². The Bertz CT molecular complexity index is 701. The highest BCUT2D eigenvalue weighted by Gasteiger charge is 2.26. The molecule has 4 rings (SSSR count). The zero-order valence-electron chi connectivity index (χ0n) is 12.9. The van der Waals surface area contributed by atoms with E-state index in [4.69, 9.17) is 0 Å². The first kappa shape index (κ1) is 15.2. The van der Waals surface area contributed by atoms with Crippen LogP contribution in [0.15, 0.2) is 12.3 Å². The van der Waals surface area contributed by atoms with Gasteiger partial charge in [-0.3, -0.25) is 0 Å². The SMILES string of the molecule is O[C@@H]1CSCC[C@H]1Nc1ncc2c(F)cc(C3CCCC3)n2n1. The van der Waals surface area contributed by atoms with Crippen molar-refractivity contribution in [2.24, 2.45) is 0 Å². The van der Waals surface area contributed by atoms with E-state index in [1.54, 1.807) is 22.3 Å². The van der Waals surface area contributed by atoms with Crippen LogP contribution < -0.4 is 5.32 Å². The number of aliphatic hydroxyl groups excluding tert-OH is 1. The fourth-order valence-electron chi connectivity index (χ4n) is 3.61. The van der Waals surface area contributed by atoms with Crippen LogP contribution in [0.1, 0.15) is 43.7 Å². The Morgan fingerprint density at radius 3 is 2.91 bits per heavy atom. The highest BCUT2D eigenvalue weighted by Crippen LogP contribution is 2.35. The second kappa shape index (κ2) is 6.28. The lowest BCUT2D eigenvalue weighted by atomic mass is 10.1. The maximum absolute atomic E-state index is 14.1. The van der Waals surface area contributed by atoms with Crippen molar-refractivity contribution in [1.82, 2.24) is 14.6 Å². The highest BCUT2D eigenvalue weighted by molar-refractivity contribution is 7.99. The van der Waals surface area contributed by atoms with E-state index < -0.39 is 6.10 Å². The van der Waals surface area contributed by atoms with Crippen LogP contribution in [-0.4, -0.2) is 43.4 Å². The number of aromatic nitrogens is 3. The number of hydrogen-bond acceptors (Lipinski definition) is 5. The first-order valence-corrected chi connectivity index (χ1v) is 9.44. The van der Waals surface area contributed by atoms with Crippen molar-refractivity contribution < 1.29 is 9.50 Å². The standard InChI is InChI=1S/C16H21FN4OS/c17-11-7-13(10-3-1-2-4-10)21-14(11)8-18-16(20-21)19-12-5-6-23-9-15(12)22/h7-8,10,12,15,22H,1-6,9H2,(H,19,20)/t12-,15-/m1/s1. The molecule has 0 bridgehead atoms. The van der Waals surface area contributed by atoms with E-state index in [0.717, 1.165) is 36.5 Å². The second-order valence-corrected chi connectivity index (χ2v) is 7.61. The molecule has 3 heterocycles. The van der Waals surface area contributed by atoms with Crippen molar-refractivity contribution in [3.63, 3.8) is 0 Å². The molecule has 124 valence electrons. The van der Waals surface area contributed by atoms with Crippen LogP contribution in [0.25, 0.3) is 5.52 Å². The van der Waals surface area contributed by atoms with Crippen molar-refractivity contribution in [1.29, 1.82) is 0 Å². The van der Waals surface area contributed by atoms with E-state index in [9.17, 15) is 9.50 Å². The summed E-state index contributed by atoms with van der Waals surface area (Å²) in [6.07, 6.45) is 6.59. The molecule has 2 aliphatic rings. The molecule has 1 saturated carbocycles. The summed E-state index contributed by atoms with van der Waals surface area (Å²) in [6.45, 7) is 0. The number of fused-ring (bicyclic) bond motifs is 1. The highest BCUT2D eigenvalue weighted by atomic mass is 32.2. The van der Waals surface area contributed by atoms with Crippen molar-refractivity contribution >= 4 is 23.2 Å². The quantitative estimate of drug-likeness (QED) is 0.902. The fourth-order valence-corrected chi connectivity index (χ4v) is 4.67. The topological polar surface area (TPSA) is 62.5 Å². The number of thioether (sulfide) groups is 1. The summed E-state index contributed by atoms with van der Waals surface area (Å²) in [4.78, 5) is 4.24. The van der Waals surface area contributed by atoms with Gasteiger partial charge >= 0.3 is 0 Å². The molecule has 0 radical (unpaired) electrons. The maximum atomic E-state index is 14.1. The lowest BCUT2D eigenvalue weighted by Crippen LogP contribution is -2.39. The summed E-state index contributed by atoms with van der Waals surface area (Å²) in [5.74, 6) is 2.33. The summed E-state index contributed by atoms with van der Waals surface area (Å²) in [6, 6.07) is 1.57. The Morgan fingerprint density at radius 2 is 2.13 bits per heavy atom. The average molecular weight is 336 g/mol. The van der Waals surface area contributed by atoms with Crippen LogP contribution in [0, 0.1) is 5.82 Å². The molecular formula is C16H21FN4OS. The van der Waals surface area contributed by atoms with Gasteiger partial charge in [0, 0.05) is 17.4 Å². The molecule has 23 heavy (non-hydrogen) atoms. The Morgan fingerprint density at radius 1 is 1.30 bits per heavy atom. The normalized spacial score (nSPS) is 26.0. The van der Waals surface area contributed by atoms with Gasteiger partial charge in [0.05, 0.1) is 18.3 Å². The monoisotopic (exact) mass is 336 g/mol. The van der Waals surface area contributed by atoms with Crippen molar-refractivity contribution in [2.45, 2.75) is 50.2 Å². The van der Waals surface area contributed by atoms with E-state index in [1.807, 2.05) is 0 Å². The van der Waals surface area contributed by atoms with Crippen LogP contribution in [0.5, 0.6) is 0 Å². The van der Waals surface area contributed by atoms with E-state index in [2.05, 4.69) is 15.4 Å². The van der Waals surface area contributed by atoms with E-state index in [1.165, 1.54) is 19.0 Å². The minimum atomic E-state index is -0.399. The number of nitrogens with one attached hydrogen (secondary N) is 1. The van der Waals surface area contributed by atoms with Gasteiger partial charge in [0.25, 0.3) is 0 Å². The van der Waals surface area contributed by atoms with Crippen LogP contribution in [0.4, 0.5) is 10.3 Å². The summed E-state index contributed by atoms with van der Waals surface area (Å²) in [7, 11) is 0. The first-order chi connectivity index (χ1) is 11.2. The molecule has 0 amide bonds. The summed E-state index contributed by atoms with van der Waals surface area (Å²) in [5.41, 5.74) is 1.37. The lowest BCUT2D eigenvalue weighted by Gasteiger charge is -2.27. The van der Waals surface area contributed by atoms with Gasteiger partial charge in [-0.15, -0.1) is 5.10 Å². The molecule has 0 aromatic carbocycles. The molecule has 0 unspecified atom stereocenters. The van der Waals surface area contributed by atoms with Crippen LogP contribution in [0.3, 0.4) is 0 Å². The molecule has 5 nitrogen and oxygen atoms in total. The van der Waals surface area contributed by atoms with Crippen LogP contribution >= 0.6 is 11.8 Å². The predicted octanol–water partition coefficient (Wildman–Crippen LogP) is 2.80. The lowest BCUT2D eigenvalue weighted by molar-refractivity contribution is 0.170. The van der Waals surface area contributed by atoms with Gasteiger partial charge in [-0.25, -0.2) is 13.9 Å². The molecule has 7 heteroatoms. The van der Waals surface area contributed by atoms with Crippen molar-refractivity contribution in [3.8, 4) is 0 Å². The average Bonchev–Trinajstić information content (AvgIpc) is 3.18. The van der Waals surface area contributed by atoms with Gasteiger partial charge in [-0.1, -0.05) is 12.8 Å². The molecule has 2 atom stereocenters. The summed E-state index contributed by atoms with van der Waals surface area (Å²) in [5, 5.41) is 17.8. The van der Waals surface area contributed by atoms with Gasteiger partial charge < -0.3 is 10.4 Å². The molecule has 1 aliphatic heterocycles. The van der Waals surface area contributed by atoms with Crippen molar-refractivity contribution in [2.75, 3.05) is 16.8 Å². The number of anilines is 1. The Hall–Kier alpha value is -1.34. The number of nitrogens with zero attached hydrogens (tertiary/aromatic N) is 3. The Labute approximate surface area is 138 Å². The number of halogens is 1. The molecular weight excluding hydrogens is 315 g/mol. The van der Waals surface area contributed by atoms with E-state index in [-0.39, 0.29) is 11.9 Å². The second-order valence-electron chi connectivity index (χ2n) is 6.46. The number of hydrogen-bond donors (Lipinski definition) is 2. The molecule has 1 aliphatic carbocycles. The summed E-state index contributed by atoms with van der Waals surface area (Å²) >= 11 is 1.76. The predicted molar refractivity (Wildman–Crippen MR) is 89.5 cm³/mol. The molecule has 0 spiro atoms. The van der Waals surface area contributed by atoms with Gasteiger partial charge in [0.2, 0.25) is 5.95 Å². The smallest absolute Gasteiger partial charge is 0.241 e. The molecule has 2 aromatic rings. The fraction of sp³-hybridized carbons (Fsp3) is 0.625. The van der Waals surface area contributed by atoms with Gasteiger partial charge in [-0.2, -0.15) is 11.8 Å². The first-order valence-electron chi connectivity index (χ1n) is 8.29. The molecule has 2 aromatic heterocycles. The van der Waals surface area contributed by atoms with Crippen molar-refractivity contribution in [3.05, 3.63) is 23.8 Å². The maximum Gasteiger partial charge on any atom is 0.241 e. The third-order valence-corrected chi connectivity index (χ3v) is 6.01. The van der Waals surface area contributed by atoms with Crippen LogP contribution in [0.2, 0.25) is 0 Å². The molecule has 1 saturated heterocycles. The number of rotatable bonds is 3. The third-order valence-electron chi connectivity index (χ3n) is 4.91. The zero-order chi connectivity index (χ0) is 15.8. The third kappa shape index (κ3) is 2.92. The summed E-state index contributed by atoms with van der Waals surface area (Å²) < 4.78 is 15.8. The Kier molecular flexibility index (Phi) is 4.15. The Balaban J connectivity index is 1.64. The van der Waals surface area contributed by atoms with Gasteiger partial charge in [-0.05, 0) is 31.1 Å². The molecule has 2 fully saturated rings.